The maximum atomic E-state index is 13.1. The smallest absolute Gasteiger partial charge is 0.276 e. The molecule has 0 unspecified atom stereocenters. The lowest BCUT2D eigenvalue weighted by atomic mass is 9.82. The van der Waals surface area contributed by atoms with Crippen molar-refractivity contribution in [3.05, 3.63) is 41.4 Å². The SMILES string of the molecule is CN[C@@H](C)C(=O)CC1CCC(Nc2cc(NC3CC3)c3ncc(C(=O)Nc4ccnc(Cl)c4)n3n2)CC1. The predicted octanol–water partition coefficient (Wildman–Crippen LogP) is 4.14. The molecular weight excluding hydrogens is 492 g/mol. The predicted molar refractivity (Wildman–Crippen MR) is 144 cm³/mol. The van der Waals surface area contributed by atoms with E-state index in [-0.39, 0.29) is 23.8 Å². The fourth-order valence-corrected chi connectivity index (χ4v) is 4.94. The molecule has 3 aromatic rings. The van der Waals surface area contributed by atoms with Crippen LogP contribution in [-0.2, 0) is 4.79 Å². The quantitative estimate of drug-likeness (QED) is 0.291. The van der Waals surface area contributed by atoms with E-state index < -0.39 is 0 Å². The van der Waals surface area contributed by atoms with Crippen molar-refractivity contribution >= 4 is 46.1 Å². The highest BCUT2D eigenvalue weighted by Gasteiger charge is 2.27. The first-order valence-corrected chi connectivity index (χ1v) is 13.3. The second-order valence-electron chi connectivity index (χ2n) is 10.1. The van der Waals surface area contributed by atoms with Gasteiger partial charge in [-0.05, 0) is 70.5 Å². The Morgan fingerprint density at radius 1 is 1.08 bits per heavy atom. The molecule has 5 rings (SSSR count). The summed E-state index contributed by atoms with van der Waals surface area (Å²) in [5, 5.41) is 18.0. The van der Waals surface area contributed by atoms with Crippen molar-refractivity contribution in [1.82, 2.24) is 24.9 Å². The first-order chi connectivity index (χ1) is 17.9. The van der Waals surface area contributed by atoms with Crippen molar-refractivity contribution in [2.75, 3.05) is 23.0 Å². The van der Waals surface area contributed by atoms with Gasteiger partial charge < -0.3 is 21.3 Å². The number of aromatic nitrogens is 4. The van der Waals surface area contributed by atoms with Crippen LogP contribution >= 0.6 is 11.6 Å². The van der Waals surface area contributed by atoms with Gasteiger partial charge in [-0.1, -0.05) is 11.6 Å². The first kappa shape index (κ1) is 25.4. The monoisotopic (exact) mass is 524 g/mol. The molecule has 37 heavy (non-hydrogen) atoms. The van der Waals surface area contributed by atoms with Crippen LogP contribution in [0.25, 0.3) is 5.65 Å². The summed E-state index contributed by atoms with van der Waals surface area (Å²) in [5.41, 5.74) is 2.33. The third kappa shape index (κ3) is 6.19. The van der Waals surface area contributed by atoms with Crippen LogP contribution in [0.5, 0.6) is 0 Å². The first-order valence-electron chi connectivity index (χ1n) is 12.9. The lowest BCUT2D eigenvalue weighted by molar-refractivity contribution is -0.121. The summed E-state index contributed by atoms with van der Waals surface area (Å²) in [6, 6.07) is 5.83. The number of hydrogen-bond acceptors (Lipinski definition) is 8. The molecule has 1 amide bonds. The van der Waals surface area contributed by atoms with Crippen LogP contribution in [0.4, 0.5) is 17.2 Å². The maximum Gasteiger partial charge on any atom is 0.276 e. The summed E-state index contributed by atoms with van der Waals surface area (Å²) < 4.78 is 1.59. The van der Waals surface area contributed by atoms with Gasteiger partial charge >= 0.3 is 0 Å². The van der Waals surface area contributed by atoms with Crippen LogP contribution in [0.3, 0.4) is 0 Å². The summed E-state index contributed by atoms with van der Waals surface area (Å²) in [6.07, 6.45) is 9.88. The Hall–Kier alpha value is -3.24. The molecule has 3 heterocycles. The zero-order valence-electron chi connectivity index (χ0n) is 21.1. The molecule has 4 N–H and O–H groups in total. The number of imidazole rings is 1. The molecule has 0 radical (unpaired) electrons. The van der Waals surface area contributed by atoms with Crippen LogP contribution in [-0.4, -0.2) is 56.4 Å². The Bertz CT molecular complexity index is 1280. The number of Topliss-reactive ketones (excluding diaryl/α,β-unsaturated/α-hetero) is 1. The second kappa shape index (κ2) is 11.0. The van der Waals surface area contributed by atoms with Gasteiger partial charge in [-0.15, -0.1) is 5.10 Å². The number of fused-ring (bicyclic) bond motifs is 1. The molecule has 11 heteroatoms. The van der Waals surface area contributed by atoms with E-state index in [4.69, 9.17) is 16.7 Å². The zero-order chi connectivity index (χ0) is 25.9. The molecule has 1 atom stereocenters. The number of anilines is 3. The van der Waals surface area contributed by atoms with E-state index in [2.05, 4.69) is 31.2 Å². The minimum Gasteiger partial charge on any atom is -0.379 e. The van der Waals surface area contributed by atoms with E-state index >= 15 is 0 Å². The highest BCUT2D eigenvalue weighted by molar-refractivity contribution is 6.29. The molecule has 2 aliphatic rings. The molecule has 2 aliphatic carbocycles. The van der Waals surface area contributed by atoms with Gasteiger partial charge in [-0.25, -0.2) is 14.5 Å². The number of rotatable bonds is 10. The highest BCUT2D eigenvalue weighted by Crippen LogP contribution is 2.32. The number of halogens is 1. The Labute approximate surface area is 221 Å². The van der Waals surface area contributed by atoms with Crippen molar-refractivity contribution < 1.29 is 9.59 Å². The fraction of sp³-hybridized carbons (Fsp3) is 0.500. The Kier molecular flexibility index (Phi) is 7.57. The van der Waals surface area contributed by atoms with Crippen molar-refractivity contribution in [1.29, 1.82) is 0 Å². The van der Waals surface area contributed by atoms with E-state index in [9.17, 15) is 9.59 Å². The van der Waals surface area contributed by atoms with Gasteiger partial charge in [0.25, 0.3) is 5.91 Å². The molecule has 0 saturated heterocycles. The van der Waals surface area contributed by atoms with Gasteiger partial charge in [0, 0.05) is 36.5 Å². The van der Waals surface area contributed by atoms with Crippen molar-refractivity contribution in [2.24, 2.45) is 5.92 Å². The van der Waals surface area contributed by atoms with Crippen molar-refractivity contribution in [2.45, 2.75) is 70.0 Å². The molecule has 0 aromatic carbocycles. The number of nitrogens with one attached hydrogen (secondary N) is 4. The number of nitrogens with zero attached hydrogens (tertiary/aromatic N) is 4. The van der Waals surface area contributed by atoms with Crippen LogP contribution in [0.1, 0.15) is 62.4 Å². The van der Waals surface area contributed by atoms with Gasteiger partial charge in [-0.3, -0.25) is 9.59 Å². The molecule has 2 saturated carbocycles. The number of carbonyl (C=O) groups is 2. The van der Waals surface area contributed by atoms with Gasteiger partial charge in [0.15, 0.2) is 11.3 Å². The molecule has 0 spiro atoms. The molecule has 10 nitrogen and oxygen atoms in total. The van der Waals surface area contributed by atoms with Crippen molar-refractivity contribution in [3.8, 4) is 0 Å². The minimum absolute atomic E-state index is 0.0960. The lowest BCUT2D eigenvalue weighted by Crippen LogP contribution is -2.34. The molecule has 2 fully saturated rings. The lowest BCUT2D eigenvalue weighted by Gasteiger charge is -2.29. The number of pyridine rings is 1. The molecule has 3 aromatic heterocycles. The Morgan fingerprint density at radius 2 is 1.81 bits per heavy atom. The minimum atomic E-state index is -0.335. The Morgan fingerprint density at radius 3 is 2.51 bits per heavy atom. The third-order valence-corrected chi connectivity index (χ3v) is 7.43. The molecule has 0 aliphatic heterocycles. The number of amides is 1. The standard InChI is InChI=1S/C26H33ClN8O2/c1-15(28-2)22(36)11-16-3-5-18(6-4-16)32-24-13-20(31-17-7-8-17)25-30-14-21(35(25)34-24)26(37)33-19-9-10-29-23(27)12-19/h9-10,12-18,28,31H,3-8,11H2,1-2H3,(H,32,34)(H,29,33,37)/t15-,16?,18?/m0/s1. The van der Waals surface area contributed by atoms with Crippen molar-refractivity contribution in [3.63, 3.8) is 0 Å². The summed E-state index contributed by atoms with van der Waals surface area (Å²) >= 11 is 5.96. The van der Waals surface area contributed by atoms with E-state index in [0.717, 1.165) is 44.2 Å². The summed E-state index contributed by atoms with van der Waals surface area (Å²) in [7, 11) is 1.82. The van der Waals surface area contributed by atoms with Gasteiger partial charge in [0.2, 0.25) is 0 Å². The summed E-state index contributed by atoms with van der Waals surface area (Å²) in [6.45, 7) is 1.92. The molecular formula is C26H33ClN8O2. The number of ketones is 1. The number of hydrogen-bond donors (Lipinski definition) is 4. The summed E-state index contributed by atoms with van der Waals surface area (Å²) in [4.78, 5) is 33.9. The van der Waals surface area contributed by atoms with E-state index in [0.29, 0.717) is 46.4 Å². The van der Waals surface area contributed by atoms with Crippen LogP contribution in [0.2, 0.25) is 5.15 Å². The van der Waals surface area contributed by atoms with Crippen LogP contribution in [0, 0.1) is 5.92 Å². The average molecular weight is 525 g/mol. The molecule has 0 bridgehead atoms. The number of likely N-dealkylation sites (N-methyl/N-ethyl adjacent to an activating group) is 1. The molecule has 196 valence electrons. The maximum absolute atomic E-state index is 13.1. The number of carbonyl (C=O) groups excluding carboxylic acids is 2. The summed E-state index contributed by atoms with van der Waals surface area (Å²) in [5.74, 6) is 1.06. The Balaban J connectivity index is 1.31. The highest BCUT2D eigenvalue weighted by atomic mass is 35.5. The van der Waals surface area contributed by atoms with Gasteiger partial charge in [0.1, 0.15) is 16.8 Å². The van der Waals surface area contributed by atoms with Crippen LogP contribution in [0.15, 0.2) is 30.6 Å². The topological polar surface area (TPSA) is 125 Å². The van der Waals surface area contributed by atoms with E-state index in [1.54, 1.807) is 16.6 Å². The van der Waals surface area contributed by atoms with E-state index in [1.165, 1.54) is 12.4 Å². The average Bonchev–Trinajstić information content (AvgIpc) is 3.59. The van der Waals surface area contributed by atoms with E-state index in [1.807, 2.05) is 20.0 Å². The largest absolute Gasteiger partial charge is 0.379 e. The van der Waals surface area contributed by atoms with Gasteiger partial charge in [-0.2, -0.15) is 0 Å². The van der Waals surface area contributed by atoms with Gasteiger partial charge in [0.05, 0.1) is 17.9 Å². The van der Waals surface area contributed by atoms with Crippen LogP contribution < -0.4 is 21.3 Å². The second-order valence-corrected chi connectivity index (χ2v) is 10.5. The zero-order valence-corrected chi connectivity index (χ0v) is 21.9. The third-order valence-electron chi connectivity index (χ3n) is 7.23. The normalized spacial score (nSPS) is 20.4. The fourth-order valence-electron chi connectivity index (χ4n) is 4.77.